The average Bonchev–Trinajstić information content (AvgIpc) is 2.78. The van der Waals surface area contributed by atoms with Crippen molar-refractivity contribution in [1.82, 2.24) is 4.90 Å². The maximum atomic E-state index is 13.2. The summed E-state index contributed by atoms with van der Waals surface area (Å²) in [6.45, 7) is -0.302. The van der Waals surface area contributed by atoms with Gasteiger partial charge in [-0.2, -0.15) is 0 Å². The van der Waals surface area contributed by atoms with E-state index in [0.29, 0.717) is 17.1 Å². The Kier molecular flexibility index (Phi) is 6.70. The summed E-state index contributed by atoms with van der Waals surface area (Å²) in [5.74, 6) is -0.166. The van der Waals surface area contributed by atoms with Gasteiger partial charge in [0, 0.05) is 16.7 Å². The van der Waals surface area contributed by atoms with E-state index in [-0.39, 0.29) is 12.5 Å². The molecule has 0 aliphatic carbocycles. The number of ether oxygens (including phenoxy) is 2. The van der Waals surface area contributed by atoms with Gasteiger partial charge in [0.05, 0.1) is 20.8 Å². The lowest BCUT2D eigenvalue weighted by atomic mass is 10.0. The van der Waals surface area contributed by atoms with Gasteiger partial charge in [-0.15, -0.1) is 0 Å². The molecule has 0 bridgehead atoms. The van der Waals surface area contributed by atoms with Gasteiger partial charge in [0.2, 0.25) is 0 Å². The summed E-state index contributed by atoms with van der Waals surface area (Å²) in [5, 5.41) is 9.34. The van der Waals surface area contributed by atoms with Gasteiger partial charge in [0.25, 0.3) is 5.91 Å². The molecule has 154 valence electrons. The highest BCUT2D eigenvalue weighted by molar-refractivity contribution is 5.97. The van der Waals surface area contributed by atoms with Gasteiger partial charge in [0.15, 0.2) is 0 Å². The van der Waals surface area contributed by atoms with Crippen LogP contribution in [0.25, 0.3) is 11.1 Å². The van der Waals surface area contributed by atoms with Crippen LogP contribution in [-0.4, -0.2) is 42.6 Å². The Labute approximate surface area is 175 Å². The smallest absolute Gasteiger partial charge is 0.323 e. The molecular formula is C24H23NO5. The molecule has 0 radical (unpaired) electrons. The molecule has 30 heavy (non-hydrogen) atoms. The van der Waals surface area contributed by atoms with Crippen LogP contribution >= 0.6 is 0 Å². The third kappa shape index (κ3) is 4.78. The van der Waals surface area contributed by atoms with Crippen LogP contribution in [0, 0.1) is 0 Å². The predicted octanol–water partition coefficient (Wildman–Crippen LogP) is 4.10. The summed E-state index contributed by atoms with van der Waals surface area (Å²) >= 11 is 0. The molecular weight excluding hydrogens is 382 g/mol. The molecule has 0 spiro atoms. The maximum Gasteiger partial charge on any atom is 0.323 e. The Morgan fingerprint density at radius 3 is 2.23 bits per heavy atom. The fraction of sp³-hybridized carbons (Fsp3) is 0.167. The Morgan fingerprint density at radius 1 is 0.867 bits per heavy atom. The SMILES string of the molecule is COc1ccccc1CN(CC(=O)O)C(=O)c1cccc(-c2ccccc2OC)c1. The standard InChI is InChI=1S/C24H23NO5/c1-29-21-12-5-3-8-19(21)15-25(16-23(26)27)24(28)18-10-7-9-17(14-18)20-11-4-6-13-22(20)30-2/h3-14H,15-16H2,1-2H3,(H,26,27). The van der Waals surface area contributed by atoms with Crippen molar-refractivity contribution < 1.29 is 24.2 Å². The topological polar surface area (TPSA) is 76.1 Å². The van der Waals surface area contributed by atoms with E-state index >= 15 is 0 Å². The molecule has 1 amide bonds. The monoisotopic (exact) mass is 405 g/mol. The van der Waals surface area contributed by atoms with Crippen molar-refractivity contribution in [2.24, 2.45) is 0 Å². The molecule has 0 saturated carbocycles. The lowest BCUT2D eigenvalue weighted by Crippen LogP contribution is -2.35. The highest BCUT2D eigenvalue weighted by Gasteiger charge is 2.21. The lowest BCUT2D eigenvalue weighted by molar-refractivity contribution is -0.137. The Bertz CT molecular complexity index is 1050. The number of nitrogens with zero attached hydrogens (tertiary/aromatic N) is 1. The number of para-hydroxylation sites is 2. The average molecular weight is 405 g/mol. The van der Waals surface area contributed by atoms with Crippen molar-refractivity contribution in [3.05, 3.63) is 83.9 Å². The number of benzene rings is 3. The molecule has 0 saturated heterocycles. The summed E-state index contributed by atoms with van der Waals surface area (Å²) in [6.07, 6.45) is 0. The van der Waals surface area contributed by atoms with E-state index in [0.717, 1.165) is 16.7 Å². The van der Waals surface area contributed by atoms with Crippen LogP contribution in [-0.2, 0) is 11.3 Å². The van der Waals surface area contributed by atoms with Gasteiger partial charge in [-0.1, -0.05) is 48.5 Å². The molecule has 0 aliphatic rings. The first kappa shape index (κ1) is 20.9. The van der Waals surface area contributed by atoms with Crippen LogP contribution in [0.3, 0.4) is 0 Å². The van der Waals surface area contributed by atoms with E-state index in [4.69, 9.17) is 9.47 Å². The van der Waals surface area contributed by atoms with Crippen LogP contribution in [0.1, 0.15) is 15.9 Å². The summed E-state index contributed by atoms with van der Waals surface area (Å²) in [5.41, 5.74) is 2.79. The second-order valence-electron chi connectivity index (χ2n) is 6.65. The van der Waals surface area contributed by atoms with Crippen molar-refractivity contribution in [1.29, 1.82) is 0 Å². The zero-order valence-corrected chi connectivity index (χ0v) is 16.9. The zero-order valence-electron chi connectivity index (χ0n) is 16.9. The third-order valence-electron chi connectivity index (χ3n) is 4.69. The number of carbonyl (C=O) groups is 2. The second kappa shape index (κ2) is 9.60. The minimum Gasteiger partial charge on any atom is -0.496 e. The minimum absolute atomic E-state index is 0.119. The van der Waals surface area contributed by atoms with Crippen LogP contribution in [0.4, 0.5) is 0 Å². The molecule has 0 fully saturated rings. The molecule has 0 aromatic heterocycles. The quantitative estimate of drug-likeness (QED) is 0.611. The summed E-state index contributed by atoms with van der Waals surface area (Å²) in [7, 11) is 3.13. The highest BCUT2D eigenvalue weighted by Crippen LogP contribution is 2.30. The number of carboxylic acid groups (broad SMARTS) is 1. The molecule has 0 aliphatic heterocycles. The number of aliphatic carboxylic acids is 1. The van der Waals surface area contributed by atoms with Crippen LogP contribution in [0.15, 0.2) is 72.8 Å². The molecule has 6 nitrogen and oxygen atoms in total. The first-order valence-corrected chi connectivity index (χ1v) is 9.40. The second-order valence-corrected chi connectivity index (χ2v) is 6.65. The number of rotatable bonds is 8. The van der Waals surface area contributed by atoms with Crippen molar-refractivity contribution in [3.8, 4) is 22.6 Å². The fourth-order valence-corrected chi connectivity index (χ4v) is 3.29. The van der Waals surface area contributed by atoms with Crippen LogP contribution in [0.2, 0.25) is 0 Å². The summed E-state index contributed by atoms with van der Waals surface area (Å²) in [4.78, 5) is 25.9. The first-order valence-electron chi connectivity index (χ1n) is 9.40. The molecule has 0 atom stereocenters. The molecule has 3 aromatic carbocycles. The summed E-state index contributed by atoms with van der Waals surface area (Å²) in [6, 6.07) is 21.8. The number of carboxylic acids is 1. The Hall–Kier alpha value is -3.80. The van der Waals surface area contributed by atoms with Gasteiger partial charge in [-0.3, -0.25) is 9.59 Å². The van der Waals surface area contributed by atoms with Crippen molar-refractivity contribution >= 4 is 11.9 Å². The number of hydrogen-bond donors (Lipinski definition) is 1. The first-order chi connectivity index (χ1) is 14.5. The fourth-order valence-electron chi connectivity index (χ4n) is 3.29. The molecule has 3 aromatic rings. The normalized spacial score (nSPS) is 10.3. The number of amides is 1. The van der Waals surface area contributed by atoms with Gasteiger partial charge in [-0.05, 0) is 29.8 Å². The molecule has 3 rings (SSSR count). The van der Waals surface area contributed by atoms with E-state index < -0.39 is 12.5 Å². The highest BCUT2D eigenvalue weighted by atomic mass is 16.5. The van der Waals surface area contributed by atoms with Gasteiger partial charge >= 0.3 is 5.97 Å². The predicted molar refractivity (Wildman–Crippen MR) is 114 cm³/mol. The Morgan fingerprint density at radius 2 is 1.53 bits per heavy atom. The largest absolute Gasteiger partial charge is 0.496 e. The van der Waals surface area contributed by atoms with E-state index in [9.17, 15) is 14.7 Å². The maximum absolute atomic E-state index is 13.2. The van der Waals surface area contributed by atoms with Crippen LogP contribution in [0.5, 0.6) is 11.5 Å². The van der Waals surface area contributed by atoms with Gasteiger partial charge in [-0.25, -0.2) is 0 Å². The number of carbonyl (C=O) groups excluding carboxylic acids is 1. The number of hydrogen-bond acceptors (Lipinski definition) is 4. The van der Waals surface area contributed by atoms with Crippen molar-refractivity contribution in [2.45, 2.75) is 6.54 Å². The van der Waals surface area contributed by atoms with Crippen LogP contribution < -0.4 is 9.47 Å². The molecule has 0 heterocycles. The van der Waals surface area contributed by atoms with E-state index in [2.05, 4.69) is 0 Å². The molecule has 0 unspecified atom stereocenters. The Balaban J connectivity index is 1.94. The van der Waals surface area contributed by atoms with Crippen molar-refractivity contribution in [2.75, 3.05) is 20.8 Å². The van der Waals surface area contributed by atoms with E-state index in [1.807, 2.05) is 48.5 Å². The summed E-state index contributed by atoms with van der Waals surface area (Å²) < 4.78 is 10.8. The molecule has 1 N–H and O–H groups in total. The van der Waals surface area contributed by atoms with E-state index in [1.165, 1.54) is 4.90 Å². The van der Waals surface area contributed by atoms with Crippen molar-refractivity contribution in [3.63, 3.8) is 0 Å². The van der Waals surface area contributed by atoms with Gasteiger partial charge in [0.1, 0.15) is 18.0 Å². The van der Waals surface area contributed by atoms with E-state index in [1.54, 1.807) is 38.5 Å². The number of methoxy groups -OCH3 is 2. The molecule has 6 heteroatoms. The minimum atomic E-state index is -1.08. The third-order valence-corrected chi connectivity index (χ3v) is 4.69. The van der Waals surface area contributed by atoms with Gasteiger partial charge < -0.3 is 19.5 Å². The lowest BCUT2D eigenvalue weighted by Gasteiger charge is -2.22. The zero-order chi connectivity index (χ0) is 21.5.